The molecule has 1 atom stereocenters. The van der Waals surface area contributed by atoms with Crippen molar-refractivity contribution in [1.29, 1.82) is 0 Å². The highest BCUT2D eigenvalue weighted by Gasteiger charge is 2.35. The second-order valence-corrected chi connectivity index (χ2v) is 9.83. The molecular weight excluding hydrogens is 428 g/mol. The van der Waals surface area contributed by atoms with E-state index < -0.39 is 5.91 Å². The van der Waals surface area contributed by atoms with Crippen molar-refractivity contribution in [2.24, 2.45) is 17.1 Å². The van der Waals surface area contributed by atoms with Crippen LogP contribution in [0.5, 0.6) is 17.2 Å². The predicted octanol–water partition coefficient (Wildman–Crippen LogP) is 4.67. The predicted molar refractivity (Wildman–Crippen MR) is 126 cm³/mol. The zero-order valence-corrected chi connectivity index (χ0v) is 20.4. The summed E-state index contributed by atoms with van der Waals surface area (Å²) in [5, 5.41) is 3.40. The van der Waals surface area contributed by atoms with Gasteiger partial charge in [-0.1, -0.05) is 27.2 Å². The average molecular weight is 461 g/mol. The van der Waals surface area contributed by atoms with Gasteiger partial charge in [-0.2, -0.15) is 0 Å². The molecule has 1 aliphatic carbocycles. The summed E-state index contributed by atoms with van der Waals surface area (Å²) in [5.41, 5.74) is 7.68. The molecule has 3 rings (SSSR count). The van der Waals surface area contributed by atoms with Gasteiger partial charge < -0.3 is 25.3 Å². The number of methoxy groups -OCH3 is 3. The molecule has 174 valence electrons. The smallest absolute Gasteiger partial charge is 0.256 e. The van der Waals surface area contributed by atoms with Crippen molar-refractivity contribution >= 4 is 28.2 Å². The summed E-state index contributed by atoms with van der Waals surface area (Å²) >= 11 is 1.45. The fraction of sp³-hybridized carbons (Fsp3) is 0.500. The molecule has 0 saturated heterocycles. The van der Waals surface area contributed by atoms with Gasteiger partial charge in [-0.25, -0.2) is 0 Å². The number of carbonyl (C=O) groups is 2. The van der Waals surface area contributed by atoms with Crippen LogP contribution in [0.1, 0.15) is 64.8 Å². The van der Waals surface area contributed by atoms with Crippen molar-refractivity contribution in [3.63, 3.8) is 0 Å². The average Bonchev–Trinajstić information content (AvgIpc) is 3.14. The number of nitrogens with two attached hydrogens (primary N) is 1. The third kappa shape index (κ3) is 4.41. The van der Waals surface area contributed by atoms with Crippen LogP contribution in [0.15, 0.2) is 12.1 Å². The van der Waals surface area contributed by atoms with Gasteiger partial charge in [-0.3, -0.25) is 9.59 Å². The molecule has 2 amide bonds. The number of ether oxygens (including phenoxy) is 3. The minimum absolute atomic E-state index is 0.216. The third-order valence-electron chi connectivity index (χ3n) is 6.68. The number of anilines is 1. The number of fused-ring (bicyclic) bond motifs is 1. The summed E-state index contributed by atoms with van der Waals surface area (Å²) in [6.07, 6.45) is 3.77. The molecule has 32 heavy (non-hydrogen) atoms. The fourth-order valence-electron chi connectivity index (χ4n) is 4.28. The van der Waals surface area contributed by atoms with E-state index in [9.17, 15) is 9.59 Å². The van der Waals surface area contributed by atoms with E-state index in [0.717, 1.165) is 36.1 Å². The van der Waals surface area contributed by atoms with E-state index in [1.54, 1.807) is 12.1 Å². The van der Waals surface area contributed by atoms with Gasteiger partial charge >= 0.3 is 0 Å². The first-order valence-electron chi connectivity index (χ1n) is 10.7. The second kappa shape index (κ2) is 9.40. The number of primary amides is 1. The van der Waals surface area contributed by atoms with Crippen molar-refractivity contribution in [2.45, 2.75) is 46.5 Å². The Hall–Kier alpha value is -2.74. The number of hydrogen-bond acceptors (Lipinski definition) is 6. The first-order chi connectivity index (χ1) is 15.2. The number of hydrogen-bond donors (Lipinski definition) is 2. The van der Waals surface area contributed by atoms with Crippen LogP contribution in [0.2, 0.25) is 0 Å². The van der Waals surface area contributed by atoms with E-state index in [2.05, 4.69) is 26.1 Å². The molecule has 7 nitrogen and oxygen atoms in total. The van der Waals surface area contributed by atoms with Crippen LogP contribution < -0.4 is 25.3 Å². The standard InChI is InChI=1S/C24H32N2O5S/c1-7-24(2,3)14-8-9-15-18(12-14)32-23(19(15)21(25)27)26-22(28)13-10-16(29-4)20(31-6)17(11-13)30-5/h10-11,14H,7-9,12H2,1-6H3,(H2,25,27)(H,26,28)/t14-/m0/s1. The van der Waals surface area contributed by atoms with Crippen molar-refractivity contribution in [3.05, 3.63) is 33.7 Å². The number of amides is 2. The van der Waals surface area contributed by atoms with E-state index in [0.29, 0.717) is 39.3 Å². The molecule has 0 bridgehead atoms. The molecule has 8 heteroatoms. The van der Waals surface area contributed by atoms with E-state index in [1.807, 2.05) is 0 Å². The lowest BCUT2D eigenvalue weighted by atomic mass is 9.69. The Morgan fingerprint density at radius 3 is 2.28 bits per heavy atom. The summed E-state index contributed by atoms with van der Waals surface area (Å²) < 4.78 is 16.0. The summed E-state index contributed by atoms with van der Waals surface area (Å²) in [4.78, 5) is 26.5. The molecule has 0 unspecified atom stereocenters. The minimum atomic E-state index is -0.518. The second-order valence-electron chi connectivity index (χ2n) is 8.72. The Bertz CT molecular complexity index is 1000. The number of carbonyl (C=O) groups excluding carboxylic acids is 2. The van der Waals surface area contributed by atoms with E-state index in [4.69, 9.17) is 19.9 Å². The monoisotopic (exact) mass is 460 g/mol. The number of thiophene rings is 1. The first-order valence-corrected chi connectivity index (χ1v) is 11.5. The van der Waals surface area contributed by atoms with Gasteiger partial charge in [0.15, 0.2) is 11.5 Å². The lowest BCUT2D eigenvalue weighted by Crippen LogP contribution is -2.29. The summed E-state index contributed by atoms with van der Waals surface area (Å²) in [6.45, 7) is 6.79. The SMILES string of the molecule is CCC(C)(C)[C@H]1CCc2c(sc(NC(=O)c3cc(OC)c(OC)c(OC)c3)c2C(N)=O)C1. The van der Waals surface area contributed by atoms with Crippen molar-refractivity contribution in [1.82, 2.24) is 0 Å². The van der Waals surface area contributed by atoms with Gasteiger partial charge in [0.05, 0.1) is 26.9 Å². The van der Waals surface area contributed by atoms with Crippen LogP contribution in [-0.4, -0.2) is 33.1 Å². The molecule has 1 aliphatic rings. The van der Waals surface area contributed by atoms with Gasteiger partial charge in [-0.05, 0) is 48.3 Å². The highest BCUT2D eigenvalue weighted by molar-refractivity contribution is 7.17. The fourth-order valence-corrected chi connectivity index (χ4v) is 5.61. The van der Waals surface area contributed by atoms with Crippen LogP contribution in [0, 0.1) is 11.3 Å². The van der Waals surface area contributed by atoms with Crippen LogP contribution in [0.3, 0.4) is 0 Å². The van der Waals surface area contributed by atoms with E-state index in [1.165, 1.54) is 32.7 Å². The highest BCUT2D eigenvalue weighted by atomic mass is 32.1. The minimum Gasteiger partial charge on any atom is -0.493 e. The van der Waals surface area contributed by atoms with Gasteiger partial charge in [0.25, 0.3) is 11.8 Å². The molecule has 3 N–H and O–H groups in total. The molecule has 0 radical (unpaired) electrons. The van der Waals surface area contributed by atoms with Crippen LogP contribution in [0.25, 0.3) is 0 Å². The largest absolute Gasteiger partial charge is 0.493 e. The van der Waals surface area contributed by atoms with E-state index in [-0.39, 0.29) is 11.3 Å². The zero-order valence-electron chi connectivity index (χ0n) is 19.6. The maximum atomic E-state index is 13.1. The molecular formula is C24H32N2O5S. The lowest BCUT2D eigenvalue weighted by Gasteiger charge is -2.36. The van der Waals surface area contributed by atoms with Crippen LogP contribution >= 0.6 is 11.3 Å². The number of nitrogens with one attached hydrogen (secondary N) is 1. The normalized spacial score (nSPS) is 15.6. The van der Waals surface area contributed by atoms with Gasteiger partial charge in [0.1, 0.15) is 5.00 Å². The lowest BCUT2D eigenvalue weighted by molar-refractivity contribution is 0.0999. The Balaban J connectivity index is 1.95. The highest BCUT2D eigenvalue weighted by Crippen LogP contribution is 2.45. The van der Waals surface area contributed by atoms with Crippen LogP contribution in [0.4, 0.5) is 5.00 Å². The van der Waals surface area contributed by atoms with Crippen molar-refractivity contribution in [3.8, 4) is 17.2 Å². The molecule has 1 heterocycles. The topological polar surface area (TPSA) is 99.9 Å². The molecule has 1 aromatic heterocycles. The maximum absolute atomic E-state index is 13.1. The first kappa shape index (κ1) is 23.9. The summed E-state index contributed by atoms with van der Waals surface area (Å²) in [7, 11) is 4.49. The summed E-state index contributed by atoms with van der Waals surface area (Å²) in [5.74, 6) is 0.787. The molecule has 0 aliphatic heterocycles. The third-order valence-corrected chi connectivity index (χ3v) is 7.85. The summed E-state index contributed by atoms with van der Waals surface area (Å²) in [6, 6.07) is 3.15. The molecule has 0 spiro atoms. The Morgan fingerprint density at radius 2 is 1.78 bits per heavy atom. The van der Waals surface area contributed by atoms with Gasteiger partial charge in [0.2, 0.25) is 5.75 Å². The van der Waals surface area contributed by atoms with Gasteiger partial charge in [-0.15, -0.1) is 11.3 Å². The van der Waals surface area contributed by atoms with Crippen molar-refractivity contribution < 1.29 is 23.8 Å². The maximum Gasteiger partial charge on any atom is 0.256 e. The number of benzene rings is 1. The quantitative estimate of drug-likeness (QED) is 0.596. The van der Waals surface area contributed by atoms with Gasteiger partial charge in [0, 0.05) is 10.4 Å². The number of rotatable bonds is 8. The Labute approximate surface area is 193 Å². The Kier molecular flexibility index (Phi) is 7.03. The van der Waals surface area contributed by atoms with Crippen molar-refractivity contribution in [2.75, 3.05) is 26.6 Å². The zero-order chi connectivity index (χ0) is 23.6. The molecule has 0 saturated carbocycles. The Morgan fingerprint density at radius 1 is 1.16 bits per heavy atom. The molecule has 2 aromatic rings. The molecule has 1 aromatic carbocycles. The van der Waals surface area contributed by atoms with E-state index >= 15 is 0 Å². The molecule has 0 fully saturated rings. The van der Waals surface area contributed by atoms with Crippen LogP contribution in [-0.2, 0) is 12.8 Å².